The minimum atomic E-state index is -0.463. The van der Waals surface area contributed by atoms with Crippen molar-refractivity contribution in [1.82, 2.24) is 4.98 Å². The lowest BCUT2D eigenvalue weighted by molar-refractivity contribution is -0.114. The first kappa shape index (κ1) is 14.4. The van der Waals surface area contributed by atoms with Crippen molar-refractivity contribution in [3.05, 3.63) is 77.3 Å². The number of carbonyl (C=O) groups is 2. The first-order valence-corrected chi connectivity index (χ1v) is 7.74. The summed E-state index contributed by atoms with van der Waals surface area (Å²) < 4.78 is 0. The number of benzene rings is 2. The molecular weight excluding hydrogens is 294 g/mol. The molecule has 4 heteroatoms. The van der Waals surface area contributed by atoms with Crippen molar-refractivity contribution in [2.24, 2.45) is 0 Å². The van der Waals surface area contributed by atoms with Gasteiger partial charge < -0.3 is 0 Å². The normalized spacial score (nSPS) is 10.4. The molecule has 1 aromatic heterocycles. The smallest absolute Gasteiger partial charge is 0.228 e. The summed E-state index contributed by atoms with van der Waals surface area (Å²) in [7, 11) is 0. The minimum absolute atomic E-state index is 0.0388. The molecule has 0 unspecified atom stereocenters. The molecule has 0 atom stereocenters. The van der Waals surface area contributed by atoms with Gasteiger partial charge in [-0.05, 0) is 0 Å². The van der Waals surface area contributed by atoms with Crippen LogP contribution in [0.25, 0.3) is 10.6 Å². The first-order chi connectivity index (χ1) is 10.7. The summed E-state index contributed by atoms with van der Waals surface area (Å²) in [6.45, 7) is 0. The van der Waals surface area contributed by atoms with Crippen molar-refractivity contribution in [3.8, 4) is 10.6 Å². The molecule has 3 nitrogen and oxygen atoms in total. The molecule has 0 radical (unpaired) electrons. The van der Waals surface area contributed by atoms with Crippen LogP contribution in [-0.2, 0) is 11.2 Å². The molecule has 0 N–H and O–H groups in total. The predicted octanol–water partition coefficient (Wildman–Crippen LogP) is 3.80. The molecule has 0 spiro atoms. The van der Waals surface area contributed by atoms with Gasteiger partial charge in [0.1, 0.15) is 5.01 Å². The van der Waals surface area contributed by atoms with Crippen LogP contribution in [0.5, 0.6) is 0 Å². The van der Waals surface area contributed by atoms with Crippen molar-refractivity contribution in [2.75, 3.05) is 0 Å². The summed E-state index contributed by atoms with van der Waals surface area (Å²) >= 11 is 1.48. The average Bonchev–Trinajstić information content (AvgIpc) is 3.04. The van der Waals surface area contributed by atoms with Gasteiger partial charge >= 0.3 is 0 Å². The van der Waals surface area contributed by atoms with Gasteiger partial charge in [0.05, 0.1) is 12.1 Å². The molecule has 0 aliphatic rings. The fourth-order valence-electron chi connectivity index (χ4n) is 2.10. The van der Waals surface area contributed by atoms with Crippen LogP contribution in [0.2, 0.25) is 0 Å². The maximum Gasteiger partial charge on any atom is 0.228 e. The van der Waals surface area contributed by atoms with Crippen LogP contribution in [0.15, 0.2) is 66.0 Å². The van der Waals surface area contributed by atoms with E-state index in [-0.39, 0.29) is 6.42 Å². The average molecular weight is 307 g/mol. The minimum Gasteiger partial charge on any atom is -0.290 e. The number of Topliss-reactive ketones (excluding diaryl/α,β-unsaturated/α-hetero) is 2. The van der Waals surface area contributed by atoms with Crippen LogP contribution in [-0.4, -0.2) is 16.6 Å². The maximum atomic E-state index is 12.1. The first-order valence-electron chi connectivity index (χ1n) is 6.86. The van der Waals surface area contributed by atoms with Gasteiger partial charge in [-0.2, -0.15) is 0 Å². The standard InChI is InChI=1S/C18H13NO2S/c20-16(17(21)13-7-3-1-4-8-13)11-15-12-22-18(19-15)14-9-5-2-6-10-14/h1-10,12H,11H2. The Labute approximate surface area is 132 Å². The lowest BCUT2D eigenvalue weighted by Gasteiger charge is -1.98. The number of hydrogen-bond acceptors (Lipinski definition) is 4. The van der Waals surface area contributed by atoms with E-state index in [1.165, 1.54) is 11.3 Å². The van der Waals surface area contributed by atoms with Gasteiger partial charge in [-0.15, -0.1) is 11.3 Å². The molecule has 0 bridgehead atoms. The van der Waals surface area contributed by atoms with Crippen LogP contribution in [0.3, 0.4) is 0 Å². The van der Waals surface area contributed by atoms with Crippen molar-refractivity contribution >= 4 is 22.9 Å². The number of ketones is 2. The van der Waals surface area contributed by atoms with E-state index in [0.29, 0.717) is 11.3 Å². The third kappa shape index (κ3) is 3.18. The number of rotatable bonds is 5. The number of hydrogen-bond donors (Lipinski definition) is 0. The van der Waals surface area contributed by atoms with Gasteiger partial charge in [-0.3, -0.25) is 9.59 Å². The third-order valence-electron chi connectivity index (χ3n) is 3.20. The molecule has 22 heavy (non-hydrogen) atoms. The third-order valence-corrected chi connectivity index (χ3v) is 4.14. The number of carbonyl (C=O) groups excluding carboxylic acids is 2. The Bertz CT molecular complexity index is 794. The summed E-state index contributed by atoms with van der Waals surface area (Å²) in [5, 5.41) is 2.69. The summed E-state index contributed by atoms with van der Waals surface area (Å²) in [5.74, 6) is -0.897. The summed E-state index contributed by atoms with van der Waals surface area (Å²) in [5.41, 5.74) is 2.07. The lowest BCUT2D eigenvalue weighted by atomic mass is 10.0. The molecule has 0 aliphatic carbocycles. The number of thiazole rings is 1. The topological polar surface area (TPSA) is 47.0 Å². The molecule has 0 aliphatic heterocycles. The second kappa shape index (κ2) is 6.45. The molecule has 0 saturated heterocycles. The van der Waals surface area contributed by atoms with Crippen LogP contribution in [0, 0.1) is 0 Å². The van der Waals surface area contributed by atoms with E-state index in [9.17, 15) is 9.59 Å². The highest BCUT2D eigenvalue weighted by atomic mass is 32.1. The highest BCUT2D eigenvalue weighted by Crippen LogP contribution is 2.23. The van der Waals surface area contributed by atoms with Gasteiger partial charge in [-0.1, -0.05) is 60.7 Å². The molecule has 1 heterocycles. The molecule has 3 rings (SSSR count). The second-order valence-corrected chi connectivity index (χ2v) is 5.66. The van der Waals surface area contributed by atoms with Crippen LogP contribution in [0.1, 0.15) is 16.1 Å². The Morgan fingerprint density at radius 3 is 2.23 bits per heavy atom. The molecular formula is C18H13NO2S. The highest BCUT2D eigenvalue weighted by molar-refractivity contribution is 7.13. The van der Waals surface area contributed by atoms with E-state index in [0.717, 1.165) is 10.6 Å². The fraction of sp³-hybridized carbons (Fsp3) is 0.0556. The Kier molecular flexibility index (Phi) is 4.21. The number of aromatic nitrogens is 1. The van der Waals surface area contributed by atoms with Gasteiger partial charge in [-0.25, -0.2) is 4.98 Å². The molecule has 2 aromatic carbocycles. The van der Waals surface area contributed by atoms with E-state index < -0.39 is 11.6 Å². The summed E-state index contributed by atoms with van der Waals surface area (Å²) in [6, 6.07) is 18.4. The molecule has 3 aromatic rings. The highest BCUT2D eigenvalue weighted by Gasteiger charge is 2.17. The Morgan fingerprint density at radius 2 is 1.55 bits per heavy atom. The van der Waals surface area contributed by atoms with E-state index >= 15 is 0 Å². The van der Waals surface area contributed by atoms with Crippen molar-refractivity contribution in [3.63, 3.8) is 0 Å². The van der Waals surface area contributed by atoms with Crippen molar-refractivity contribution in [2.45, 2.75) is 6.42 Å². The van der Waals surface area contributed by atoms with E-state index in [4.69, 9.17) is 0 Å². The molecule has 0 amide bonds. The zero-order valence-electron chi connectivity index (χ0n) is 11.7. The second-order valence-electron chi connectivity index (χ2n) is 4.81. The summed E-state index contributed by atoms with van der Waals surface area (Å²) in [4.78, 5) is 28.6. The predicted molar refractivity (Wildman–Crippen MR) is 87.0 cm³/mol. The lowest BCUT2D eigenvalue weighted by Crippen LogP contribution is -2.16. The fourth-order valence-corrected chi connectivity index (χ4v) is 2.92. The van der Waals surface area contributed by atoms with E-state index in [2.05, 4.69) is 4.98 Å². The van der Waals surface area contributed by atoms with Gasteiger partial charge in [0.15, 0.2) is 0 Å². The number of nitrogens with zero attached hydrogens (tertiary/aromatic N) is 1. The van der Waals surface area contributed by atoms with Crippen LogP contribution < -0.4 is 0 Å². The maximum absolute atomic E-state index is 12.1. The van der Waals surface area contributed by atoms with Crippen LogP contribution in [0.4, 0.5) is 0 Å². The Morgan fingerprint density at radius 1 is 0.909 bits per heavy atom. The Balaban J connectivity index is 1.73. The molecule has 108 valence electrons. The van der Waals surface area contributed by atoms with E-state index in [1.807, 2.05) is 41.8 Å². The quantitative estimate of drug-likeness (QED) is 0.532. The Hall–Kier alpha value is -2.59. The zero-order valence-corrected chi connectivity index (χ0v) is 12.5. The summed E-state index contributed by atoms with van der Waals surface area (Å²) in [6.07, 6.45) is 0.0388. The van der Waals surface area contributed by atoms with Gasteiger partial charge in [0.2, 0.25) is 11.6 Å². The monoisotopic (exact) mass is 307 g/mol. The largest absolute Gasteiger partial charge is 0.290 e. The molecule has 0 saturated carbocycles. The van der Waals surface area contributed by atoms with E-state index in [1.54, 1.807) is 24.3 Å². The molecule has 0 fully saturated rings. The van der Waals surface area contributed by atoms with Crippen LogP contribution >= 0.6 is 11.3 Å². The van der Waals surface area contributed by atoms with Gasteiger partial charge in [0, 0.05) is 16.5 Å². The van der Waals surface area contributed by atoms with Crippen molar-refractivity contribution in [1.29, 1.82) is 0 Å². The SMILES string of the molecule is O=C(Cc1csc(-c2ccccc2)n1)C(=O)c1ccccc1. The van der Waals surface area contributed by atoms with Gasteiger partial charge in [0.25, 0.3) is 0 Å². The van der Waals surface area contributed by atoms with Crippen molar-refractivity contribution < 1.29 is 9.59 Å². The zero-order chi connectivity index (χ0) is 15.4.